The van der Waals surface area contributed by atoms with Gasteiger partial charge in [0.25, 0.3) is 0 Å². The van der Waals surface area contributed by atoms with Crippen molar-refractivity contribution in [3.05, 3.63) is 66.0 Å². The first-order valence-corrected chi connectivity index (χ1v) is 10.4. The van der Waals surface area contributed by atoms with E-state index < -0.39 is 23.8 Å². The highest BCUT2D eigenvalue weighted by Crippen LogP contribution is 2.31. The van der Waals surface area contributed by atoms with E-state index in [2.05, 4.69) is 5.32 Å². The molecule has 0 radical (unpaired) electrons. The molecule has 0 unspecified atom stereocenters. The molecule has 2 aliphatic heterocycles. The molecule has 2 atom stereocenters. The van der Waals surface area contributed by atoms with Crippen LogP contribution in [0.1, 0.15) is 18.5 Å². The van der Waals surface area contributed by atoms with Crippen LogP contribution in [0.3, 0.4) is 0 Å². The Balaban J connectivity index is 1.55. The quantitative estimate of drug-likeness (QED) is 0.603. The molecule has 1 saturated heterocycles. The molecule has 2 aliphatic rings. The Bertz CT molecular complexity index is 974. The molecule has 1 N–H and O–H groups in total. The van der Waals surface area contributed by atoms with Crippen molar-refractivity contribution in [1.82, 2.24) is 10.2 Å². The summed E-state index contributed by atoms with van der Waals surface area (Å²) in [5.74, 6) is -1.85. The van der Waals surface area contributed by atoms with Crippen LogP contribution < -0.4 is 10.2 Å². The van der Waals surface area contributed by atoms with E-state index in [1.807, 2.05) is 46.2 Å². The lowest BCUT2D eigenvalue weighted by Gasteiger charge is -2.39. The number of nitrogens with zero attached hydrogens (tertiary/aromatic N) is 3. The number of carbonyl (C=O) groups is 2. The number of halogens is 1. The molecule has 0 spiro atoms. The molecule has 1 fully saturated rings. The van der Waals surface area contributed by atoms with Crippen molar-refractivity contribution in [2.24, 2.45) is 10.9 Å². The van der Waals surface area contributed by atoms with Crippen molar-refractivity contribution in [3.63, 3.8) is 0 Å². The Morgan fingerprint density at radius 2 is 1.71 bits per heavy atom. The van der Waals surface area contributed by atoms with Gasteiger partial charge in [0, 0.05) is 26.2 Å². The van der Waals surface area contributed by atoms with E-state index in [1.54, 1.807) is 19.1 Å². The maximum atomic E-state index is 14.1. The third kappa shape index (κ3) is 4.38. The number of anilines is 1. The van der Waals surface area contributed by atoms with E-state index in [0.29, 0.717) is 37.8 Å². The number of guanidine groups is 1. The van der Waals surface area contributed by atoms with Crippen LogP contribution in [0.4, 0.5) is 10.1 Å². The number of esters is 1. The molecule has 0 aliphatic carbocycles. The summed E-state index contributed by atoms with van der Waals surface area (Å²) in [6, 6.07) is 15.3. The molecule has 2 aromatic rings. The molecule has 7 nitrogen and oxygen atoms in total. The second-order valence-electron chi connectivity index (χ2n) is 7.45. The number of carbonyl (C=O) groups excluding carboxylic acids is 2. The zero-order valence-corrected chi connectivity index (χ0v) is 17.3. The molecule has 2 aromatic carbocycles. The zero-order chi connectivity index (χ0) is 21.8. The minimum Gasteiger partial charge on any atom is -0.465 e. The molecule has 8 heteroatoms. The van der Waals surface area contributed by atoms with Gasteiger partial charge in [-0.3, -0.25) is 14.9 Å². The van der Waals surface area contributed by atoms with E-state index in [-0.39, 0.29) is 12.4 Å². The van der Waals surface area contributed by atoms with Gasteiger partial charge in [-0.05, 0) is 24.6 Å². The number of ether oxygens (including phenoxy) is 1. The van der Waals surface area contributed by atoms with Crippen LogP contribution in [0, 0.1) is 11.7 Å². The van der Waals surface area contributed by atoms with Crippen LogP contribution in [0.25, 0.3) is 0 Å². The molecular weight excluding hydrogens is 399 g/mol. The largest absolute Gasteiger partial charge is 0.465 e. The van der Waals surface area contributed by atoms with Gasteiger partial charge in [0.2, 0.25) is 11.9 Å². The first-order chi connectivity index (χ1) is 15.1. The number of nitrogens with one attached hydrogen (secondary N) is 1. The second kappa shape index (κ2) is 9.16. The van der Waals surface area contributed by atoms with Gasteiger partial charge >= 0.3 is 5.97 Å². The highest BCUT2D eigenvalue weighted by molar-refractivity contribution is 6.08. The summed E-state index contributed by atoms with van der Waals surface area (Å²) in [5.41, 5.74) is 1.35. The van der Waals surface area contributed by atoms with Crippen molar-refractivity contribution >= 4 is 23.5 Å². The van der Waals surface area contributed by atoms with Gasteiger partial charge in [0.15, 0.2) is 5.92 Å². The highest BCUT2D eigenvalue weighted by atomic mass is 19.1. The Labute approximate surface area is 180 Å². The van der Waals surface area contributed by atoms with Crippen LogP contribution >= 0.6 is 0 Å². The summed E-state index contributed by atoms with van der Waals surface area (Å²) < 4.78 is 19.3. The molecule has 1 amide bonds. The minimum absolute atomic E-state index is 0.193. The number of amides is 1. The van der Waals surface area contributed by atoms with E-state index in [1.165, 1.54) is 6.07 Å². The van der Waals surface area contributed by atoms with Crippen LogP contribution in [-0.2, 0) is 14.3 Å². The van der Waals surface area contributed by atoms with Crippen molar-refractivity contribution < 1.29 is 18.7 Å². The van der Waals surface area contributed by atoms with Gasteiger partial charge in [0.05, 0.1) is 12.3 Å². The van der Waals surface area contributed by atoms with Crippen LogP contribution in [-0.4, -0.2) is 55.5 Å². The molecular formula is C23H25FN4O3. The first kappa shape index (κ1) is 20.8. The van der Waals surface area contributed by atoms with Gasteiger partial charge < -0.3 is 14.5 Å². The first-order valence-electron chi connectivity index (χ1n) is 10.4. The Morgan fingerprint density at radius 1 is 1.06 bits per heavy atom. The summed E-state index contributed by atoms with van der Waals surface area (Å²) in [4.78, 5) is 34.1. The van der Waals surface area contributed by atoms with Crippen molar-refractivity contribution in [1.29, 1.82) is 0 Å². The van der Waals surface area contributed by atoms with Crippen LogP contribution in [0.15, 0.2) is 59.6 Å². The molecule has 162 valence electrons. The number of rotatable bonds is 4. The van der Waals surface area contributed by atoms with Gasteiger partial charge in [-0.25, -0.2) is 9.38 Å². The highest BCUT2D eigenvalue weighted by Gasteiger charge is 2.42. The fraction of sp³-hybridized carbons (Fsp3) is 0.348. The number of para-hydroxylation sites is 1. The summed E-state index contributed by atoms with van der Waals surface area (Å²) in [6.07, 6.45) is 0. The molecule has 2 heterocycles. The van der Waals surface area contributed by atoms with Gasteiger partial charge in [-0.2, -0.15) is 0 Å². The van der Waals surface area contributed by atoms with E-state index in [0.717, 1.165) is 5.56 Å². The van der Waals surface area contributed by atoms with Crippen molar-refractivity contribution in [2.75, 3.05) is 37.7 Å². The lowest BCUT2D eigenvalue weighted by molar-refractivity contribution is -0.153. The number of benzene rings is 2. The summed E-state index contributed by atoms with van der Waals surface area (Å²) >= 11 is 0. The average molecular weight is 424 g/mol. The molecule has 31 heavy (non-hydrogen) atoms. The standard InChI is InChI=1S/C23H25FN4O3/c1-2-31-22(30)19-20(16-8-4-3-5-9-16)25-23(26-21(19)29)28-14-12-27(13-15-28)18-11-7-6-10-17(18)24/h3-11,19-20H,2,12-15H2,1H3,(H,25,26,29)/t19-,20-/m0/s1. The lowest BCUT2D eigenvalue weighted by atomic mass is 9.91. The summed E-state index contributed by atoms with van der Waals surface area (Å²) in [5, 5.41) is 2.78. The van der Waals surface area contributed by atoms with E-state index in [4.69, 9.17) is 9.73 Å². The van der Waals surface area contributed by atoms with Crippen molar-refractivity contribution in [3.8, 4) is 0 Å². The van der Waals surface area contributed by atoms with E-state index in [9.17, 15) is 14.0 Å². The molecule has 0 aromatic heterocycles. The average Bonchev–Trinajstić information content (AvgIpc) is 2.80. The summed E-state index contributed by atoms with van der Waals surface area (Å²) in [7, 11) is 0. The van der Waals surface area contributed by atoms with Gasteiger partial charge in [0.1, 0.15) is 11.9 Å². The normalized spacial score (nSPS) is 21.4. The van der Waals surface area contributed by atoms with Crippen LogP contribution in [0.2, 0.25) is 0 Å². The Morgan fingerprint density at radius 3 is 2.39 bits per heavy atom. The van der Waals surface area contributed by atoms with Crippen molar-refractivity contribution in [2.45, 2.75) is 13.0 Å². The number of aliphatic imine (C=N–C) groups is 1. The molecule has 0 bridgehead atoms. The maximum absolute atomic E-state index is 14.1. The monoisotopic (exact) mass is 424 g/mol. The third-order valence-corrected chi connectivity index (χ3v) is 5.55. The predicted molar refractivity (Wildman–Crippen MR) is 115 cm³/mol. The molecule has 0 saturated carbocycles. The predicted octanol–water partition coefficient (Wildman–Crippen LogP) is 2.35. The SMILES string of the molecule is CCOC(=O)[C@@H]1C(=O)NC(N2CCN(c3ccccc3F)CC2)=N[C@H]1c1ccccc1. The minimum atomic E-state index is -1.04. The maximum Gasteiger partial charge on any atom is 0.321 e. The smallest absolute Gasteiger partial charge is 0.321 e. The lowest BCUT2D eigenvalue weighted by Crippen LogP contribution is -2.57. The summed E-state index contributed by atoms with van der Waals surface area (Å²) in [6.45, 7) is 4.22. The topological polar surface area (TPSA) is 74.2 Å². The number of hydrogen-bond acceptors (Lipinski definition) is 6. The second-order valence-corrected chi connectivity index (χ2v) is 7.45. The third-order valence-electron chi connectivity index (χ3n) is 5.55. The number of piperazine rings is 1. The molecule has 4 rings (SSSR count). The zero-order valence-electron chi connectivity index (χ0n) is 17.3. The van der Waals surface area contributed by atoms with E-state index >= 15 is 0 Å². The van der Waals surface area contributed by atoms with Crippen LogP contribution in [0.5, 0.6) is 0 Å². The Kier molecular flexibility index (Phi) is 6.16. The fourth-order valence-corrected chi connectivity index (χ4v) is 3.98. The Hall–Kier alpha value is -3.42. The van der Waals surface area contributed by atoms with Gasteiger partial charge in [-0.1, -0.05) is 42.5 Å². The fourth-order valence-electron chi connectivity index (χ4n) is 3.98. The van der Waals surface area contributed by atoms with Gasteiger partial charge in [-0.15, -0.1) is 0 Å². The number of hydrogen-bond donors (Lipinski definition) is 1.